The molecule has 1 fully saturated rings. The summed E-state index contributed by atoms with van der Waals surface area (Å²) in [6.45, 7) is 8.29. The minimum absolute atomic E-state index is 0.0743. The monoisotopic (exact) mass is 470 g/mol. The molecule has 0 radical (unpaired) electrons. The fourth-order valence-electron chi connectivity index (χ4n) is 4.33. The molecule has 4 rings (SSSR count). The minimum atomic E-state index is -0.763. The molecule has 1 N–H and O–H groups in total. The van der Waals surface area contributed by atoms with Crippen molar-refractivity contribution in [3.63, 3.8) is 0 Å². The van der Waals surface area contributed by atoms with E-state index in [2.05, 4.69) is 25.8 Å². The van der Waals surface area contributed by atoms with Gasteiger partial charge in [-0.05, 0) is 59.4 Å². The maximum Gasteiger partial charge on any atom is 0.296 e. The number of Topliss-reactive ketones (excluding diaryl/α,β-unsaturated/α-hetero) is 1. The largest absolute Gasteiger partial charge is 0.507 e. The Labute approximate surface area is 205 Å². The Balaban J connectivity index is 1.90. The lowest BCUT2D eigenvalue weighted by Crippen LogP contribution is -2.29. The number of hydrogen-bond donors (Lipinski definition) is 1. The second kappa shape index (κ2) is 9.37. The standard InChI is InChI=1S/C29H30N2O4/c1-18-9-12-20(29(2,3)4)16-23(18)26(32)24-25(19-10-13-22(35-5)14-11-19)31(28(34)27(24)33)17-21-8-6-7-15-30-21/h6-16,25,32H,17H2,1-5H3/b26-24+. The molecule has 1 atom stereocenters. The molecule has 1 aliphatic heterocycles. The van der Waals surface area contributed by atoms with Gasteiger partial charge in [-0.3, -0.25) is 14.6 Å². The number of carbonyl (C=O) groups excluding carboxylic acids is 2. The van der Waals surface area contributed by atoms with Crippen LogP contribution in [0.4, 0.5) is 0 Å². The van der Waals surface area contributed by atoms with Crippen molar-refractivity contribution in [2.75, 3.05) is 7.11 Å². The molecule has 35 heavy (non-hydrogen) atoms. The molecule has 1 unspecified atom stereocenters. The van der Waals surface area contributed by atoms with Gasteiger partial charge in [0, 0.05) is 11.8 Å². The Morgan fingerprint density at radius 1 is 1.06 bits per heavy atom. The molecular formula is C29H30N2O4. The first-order valence-electron chi connectivity index (χ1n) is 11.6. The van der Waals surface area contributed by atoms with Crippen molar-refractivity contribution < 1.29 is 19.4 Å². The summed E-state index contributed by atoms with van der Waals surface area (Å²) in [5, 5.41) is 11.5. The Morgan fingerprint density at radius 3 is 2.37 bits per heavy atom. The van der Waals surface area contributed by atoms with Gasteiger partial charge < -0.3 is 14.7 Å². The van der Waals surface area contributed by atoms with E-state index in [1.165, 1.54) is 4.90 Å². The normalized spacial score (nSPS) is 17.6. The fourth-order valence-corrected chi connectivity index (χ4v) is 4.33. The first-order valence-corrected chi connectivity index (χ1v) is 11.6. The first-order chi connectivity index (χ1) is 16.6. The number of likely N-dealkylation sites (tertiary alicyclic amines) is 1. The highest BCUT2D eigenvalue weighted by atomic mass is 16.5. The van der Waals surface area contributed by atoms with Crippen LogP contribution in [0.15, 0.2) is 72.4 Å². The number of rotatable bonds is 5. The lowest BCUT2D eigenvalue weighted by Gasteiger charge is -2.26. The average molecular weight is 471 g/mol. The zero-order chi connectivity index (χ0) is 25.3. The van der Waals surface area contributed by atoms with Crippen LogP contribution in [0.1, 0.15) is 54.8 Å². The van der Waals surface area contributed by atoms with Gasteiger partial charge in [-0.1, -0.05) is 51.1 Å². The molecule has 6 nitrogen and oxygen atoms in total. The van der Waals surface area contributed by atoms with Crippen LogP contribution in [0.2, 0.25) is 0 Å². The van der Waals surface area contributed by atoms with E-state index < -0.39 is 17.7 Å². The maximum atomic E-state index is 13.4. The number of nitrogens with zero attached hydrogens (tertiary/aromatic N) is 2. The lowest BCUT2D eigenvalue weighted by atomic mass is 9.84. The third kappa shape index (κ3) is 4.69. The van der Waals surface area contributed by atoms with Crippen LogP contribution in [0, 0.1) is 6.92 Å². The summed E-state index contributed by atoms with van der Waals surface area (Å²) >= 11 is 0. The summed E-state index contributed by atoms with van der Waals surface area (Å²) in [7, 11) is 1.58. The molecule has 1 amide bonds. The number of aliphatic hydroxyl groups is 1. The molecule has 1 aliphatic rings. The van der Waals surface area contributed by atoms with Crippen molar-refractivity contribution in [3.8, 4) is 5.75 Å². The lowest BCUT2D eigenvalue weighted by molar-refractivity contribution is -0.140. The van der Waals surface area contributed by atoms with Gasteiger partial charge in [0.1, 0.15) is 11.5 Å². The van der Waals surface area contributed by atoms with E-state index in [0.29, 0.717) is 22.6 Å². The third-order valence-corrected chi connectivity index (χ3v) is 6.39. The molecule has 1 saturated heterocycles. The number of ether oxygens (including phenoxy) is 1. The van der Waals surface area contributed by atoms with E-state index in [0.717, 1.165) is 11.1 Å². The molecule has 2 heterocycles. The van der Waals surface area contributed by atoms with E-state index in [1.807, 2.05) is 43.3 Å². The van der Waals surface area contributed by atoms with Gasteiger partial charge in [0.25, 0.3) is 11.7 Å². The molecular weight excluding hydrogens is 440 g/mol. The van der Waals surface area contributed by atoms with Crippen LogP contribution >= 0.6 is 0 Å². The molecule has 180 valence electrons. The number of aryl methyl sites for hydroxylation is 1. The summed E-state index contributed by atoms with van der Waals surface area (Å²) in [5.41, 5.74) is 3.67. The predicted molar refractivity (Wildman–Crippen MR) is 135 cm³/mol. The second-order valence-corrected chi connectivity index (χ2v) is 9.80. The number of pyridine rings is 1. The Bertz CT molecular complexity index is 1290. The van der Waals surface area contributed by atoms with Crippen molar-refractivity contribution in [1.29, 1.82) is 0 Å². The van der Waals surface area contributed by atoms with Gasteiger partial charge in [-0.25, -0.2) is 0 Å². The molecule has 0 saturated carbocycles. The van der Waals surface area contributed by atoms with Crippen molar-refractivity contribution in [1.82, 2.24) is 9.88 Å². The number of aromatic nitrogens is 1. The average Bonchev–Trinajstić information content (AvgIpc) is 3.09. The smallest absolute Gasteiger partial charge is 0.296 e. The first kappa shape index (κ1) is 24.2. The van der Waals surface area contributed by atoms with Crippen molar-refractivity contribution in [3.05, 3.63) is 100 Å². The van der Waals surface area contributed by atoms with E-state index in [1.54, 1.807) is 37.6 Å². The summed E-state index contributed by atoms with van der Waals surface area (Å²) in [6.07, 6.45) is 1.65. The van der Waals surface area contributed by atoms with Crippen LogP contribution in [-0.4, -0.2) is 33.8 Å². The second-order valence-electron chi connectivity index (χ2n) is 9.80. The highest BCUT2D eigenvalue weighted by Crippen LogP contribution is 2.41. The molecule has 3 aromatic rings. The summed E-state index contributed by atoms with van der Waals surface area (Å²) in [4.78, 5) is 32.4. The van der Waals surface area contributed by atoms with Gasteiger partial charge in [-0.15, -0.1) is 0 Å². The minimum Gasteiger partial charge on any atom is -0.507 e. The predicted octanol–water partition coefficient (Wildman–Crippen LogP) is 5.32. The molecule has 1 aromatic heterocycles. The number of carbonyl (C=O) groups is 2. The quantitative estimate of drug-likeness (QED) is 0.310. The highest BCUT2D eigenvalue weighted by Gasteiger charge is 2.46. The van der Waals surface area contributed by atoms with Crippen LogP contribution < -0.4 is 4.74 Å². The van der Waals surface area contributed by atoms with Crippen LogP contribution in [0.25, 0.3) is 5.76 Å². The zero-order valence-electron chi connectivity index (χ0n) is 20.7. The number of benzene rings is 2. The van der Waals surface area contributed by atoms with E-state index in [-0.39, 0.29) is 23.3 Å². The van der Waals surface area contributed by atoms with Crippen molar-refractivity contribution >= 4 is 17.4 Å². The van der Waals surface area contributed by atoms with E-state index in [4.69, 9.17) is 4.74 Å². The molecule has 0 spiro atoms. The molecule has 2 aromatic carbocycles. The van der Waals surface area contributed by atoms with Crippen LogP contribution in [-0.2, 0) is 21.5 Å². The molecule has 0 aliphatic carbocycles. The molecule has 0 bridgehead atoms. The van der Waals surface area contributed by atoms with Gasteiger partial charge in [-0.2, -0.15) is 0 Å². The van der Waals surface area contributed by atoms with Crippen LogP contribution in [0.5, 0.6) is 5.75 Å². The van der Waals surface area contributed by atoms with Gasteiger partial charge >= 0.3 is 0 Å². The van der Waals surface area contributed by atoms with Gasteiger partial charge in [0.2, 0.25) is 0 Å². The number of amides is 1. The summed E-state index contributed by atoms with van der Waals surface area (Å²) < 4.78 is 5.28. The number of hydrogen-bond acceptors (Lipinski definition) is 5. The highest BCUT2D eigenvalue weighted by molar-refractivity contribution is 6.46. The molecule has 6 heteroatoms. The van der Waals surface area contributed by atoms with Crippen LogP contribution in [0.3, 0.4) is 0 Å². The number of ketones is 1. The third-order valence-electron chi connectivity index (χ3n) is 6.39. The fraction of sp³-hybridized carbons (Fsp3) is 0.276. The maximum absolute atomic E-state index is 13.4. The van der Waals surface area contributed by atoms with E-state index >= 15 is 0 Å². The van der Waals surface area contributed by atoms with Crippen molar-refractivity contribution in [2.45, 2.75) is 45.7 Å². The van der Waals surface area contributed by atoms with Crippen molar-refractivity contribution in [2.24, 2.45) is 0 Å². The SMILES string of the molecule is COc1ccc(C2/C(=C(\O)c3cc(C(C)(C)C)ccc3C)C(=O)C(=O)N2Cc2ccccn2)cc1. The zero-order valence-corrected chi connectivity index (χ0v) is 20.7. The van der Waals surface area contributed by atoms with Gasteiger partial charge in [0.15, 0.2) is 0 Å². The van der Waals surface area contributed by atoms with E-state index in [9.17, 15) is 14.7 Å². The summed E-state index contributed by atoms with van der Waals surface area (Å²) in [5.74, 6) is -0.886. The Kier molecular flexibility index (Phi) is 6.48. The summed E-state index contributed by atoms with van der Waals surface area (Å²) in [6, 6.07) is 17.7. The Hall–Kier alpha value is -3.93. The Morgan fingerprint density at radius 2 is 1.77 bits per heavy atom. The number of aliphatic hydroxyl groups excluding tert-OH is 1. The topological polar surface area (TPSA) is 79.7 Å². The number of methoxy groups -OCH3 is 1. The van der Waals surface area contributed by atoms with Gasteiger partial charge in [0.05, 0.1) is 31.0 Å².